The normalized spacial score (nSPS) is 23.2. The number of aromatic nitrogens is 3. The molecule has 2 aliphatic heterocycles. The van der Waals surface area contributed by atoms with Crippen LogP contribution in [0.5, 0.6) is 0 Å². The van der Waals surface area contributed by atoms with Gasteiger partial charge >= 0.3 is 0 Å². The van der Waals surface area contributed by atoms with Gasteiger partial charge in [-0.05, 0) is 45.1 Å². The Bertz CT molecular complexity index is 753. The Balaban J connectivity index is 1.54. The van der Waals surface area contributed by atoms with E-state index in [4.69, 9.17) is 0 Å². The number of rotatable bonds is 4. The summed E-state index contributed by atoms with van der Waals surface area (Å²) in [5, 5.41) is 8.09. The second-order valence-electron chi connectivity index (χ2n) is 7.44. The van der Waals surface area contributed by atoms with Crippen LogP contribution in [0.3, 0.4) is 0 Å². The summed E-state index contributed by atoms with van der Waals surface area (Å²) in [6.45, 7) is 3.51. The Morgan fingerprint density at radius 2 is 2.00 bits per heavy atom. The van der Waals surface area contributed by atoms with Crippen molar-refractivity contribution in [2.24, 2.45) is 0 Å². The number of likely N-dealkylation sites (tertiary alicyclic amines) is 1. The SMILES string of the molecule is CN(C)[C@@H]1CN(C(=O)c2cccc(N3CCCC3)c2)C[C@@H]1n1ccnn1. The number of carbonyl (C=O) groups excluding carboxylic acids is 1. The molecule has 7 heteroatoms. The molecule has 2 fully saturated rings. The highest BCUT2D eigenvalue weighted by molar-refractivity contribution is 5.95. The van der Waals surface area contributed by atoms with Gasteiger partial charge in [-0.25, -0.2) is 4.68 Å². The molecule has 2 atom stereocenters. The fraction of sp³-hybridized carbons (Fsp3) is 0.526. The monoisotopic (exact) mass is 354 g/mol. The van der Waals surface area contributed by atoms with Gasteiger partial charge in [-0.2, -0.15) is 0 Å². The van der Waals surface area contributed by atoms with Crippen LogP contribution in [0.2, 0.25) is 0 Å². The molecule has 0 N–H and O–H groups in total. The topological polar surface area (TPSA) is 57.5 Å². The molecule has 0 spiro atoms. The van der Waals surface area contributed by atoms with Gasteiger partial charge in [0.25, 0.3) is 5.91 Å². The smallest absolute Gasteiger partial charge is 0.254 e. The summed E-state index contributed by atoms with van der Waals surface area (Å²) in [6, 6.07) is 8.42. The minimum Gasteiger partial charge on any atom is -0.372 e. The van der Waals surface area contributed by atoms with E-state index in [-0.39, 0.29) is 18.0 Å². The van der Waals surface area contributed by atoms with Crippen molar-refractivity contribution in [3.8, 4) is 0 Å². The van der Waals surface area contributed by atoms with Crippen molar-refractivity contribution in [3.05, 3.63) is 42.2 Å². The van der Waals surface area contributed by atoms with Crippen molar-refractivity contribution in [2.75, 3.05) is 45.2 Å². The quantitative estimate of drug-likeness (QED) is 0.833. The highest BCUT2D eigenvalue weighted by Gasteiger charge is 2.38. The van der Waals surface area contributed by atoms with Crippen LogP contribution in [-0.4, -0.2) is 77.0 Å². The average molecular weight is 354 g/mol. The predicted molar refractivity (Wildman–Crippen MR) is 100 cm³/mol. The summed E-state index contributed by atoms with van der Waals surface area (Å²) in [5.74, 6) is 0.0977. The highest BCUT2D eigenvalue weighted by Crippen LogP contribution is 2.27. The Morgan fingerprint density at radius 3 is 2.69 bits per heavy atom. The molecule has 1 aromatic heterocycles. The highest BCUT2D eigenvalue weighted by atomic mass is 16.2. The molecule has 2 saturated heterocycles. The van der Waals surface area contributed by atoms with Crippen LogP contribution in [0.15, 0.2) is 36.7 Å². The Kier molecular flexibility index (Phi) is 4.63. The third kappa shape index (κ3) is 3.19. The summed E-state index contributed by atoms with van der Waals surface area (Å²) in [4.78, 5) is 19.6. The van der Waals surface area contributed by atoms with Gasteiger partial charge in [-0.3, -0.25) is 4.79 Å². The number of hydrogen-bond acceptors (Lipinski definition) is 5. The number of benzene rings is 1. The van der Waals surface area contributed by atoms with E-state index in [2.05, 4.69) is 40.3 Å². The largest absolute Gasteiger partial charge is 0.372 e. The first-order chi connectivity index (χ1) is 12.6. The van der Waals surface area contributed by atoms with Gasteiger partial charge in [0.1, 0.15) is 0 Å². The third-order valence-corrected chi connectivity index (χ3v) is 5.55. The van der Waals surface area contributed by atoms with Crippen LogP contribution in [0.4, 0.5) is 5.69 Å². The second-order valence-corrected chi connectivity index (χ2v) is 7.44. The fourth-order valence-electron chi connectivity index (χ4n) is 4.09. The average Bonchev–Trinajstić information content (AvgIpc) is 3.42. The predicted octanol–water partition coefficient (Wildman–Crippen LogP) is 1.51. The molecule has 0 radical (unpaired) electrons. The van der Waals surface area contributed by atoms with Gasteiger partial charge in [0, 0.05) is 43.6 Å². The maximum absolute atomic E-state index is 13.1. The van der Waals surface area contributed by atoms with Crippen molar-refractivity contribution in [1.82, 2.24) is 24.8 Å². The minimum absolute atomic E-state index is 0.0977. The molecule has 3 heterocycles. The number of carbonyl (C=O) groups is 1. The van der Waals surface area contributed by atoms with E-state index in [0.29, 0.717) is 13.1 Å². The van der Waals surface area contributed by atoms with Crippen LogP contribution in [-0.2, 0) is 0 Å². The number of hydrogen-bond donors (Lipinski definition) is 0. The Labute approximate surface area is 154 Å². The zero-order valence-corrected chi connectivity index (χ0v) is 15.5. The summed E-state index contributed by atoms with van der Waals surface area (Å²) in [6.07, 6.45) is 6.03. The first kappa shape index (κ1) is 17.0. The molecule has 138 valence electrons. The van der Waals surface area contributed by atoms with Gasteiger partial charge in [0.2, 0.25) is 0 Å². The lowest BCUT2D eigenvalue weighted by atomic mass is 10.1. The standard InChI is InChI=1S/C19H26N6O/c1-22(2)17-13-24(14-18(17)25-11-8-20-21-25)19(26)15-6-5-7-16(12-15)23-9-3-4-10-23/h5-8,11-12,17-18H,3-4,9-10,13-14H2,1-2H3/t17-,18+/m1/s1. The first-order valence-electron chi connectivity index (χ1n) is 9.30. The molecule has 4 rings (SSSR count). The third-order valence-electron chi connectivity index (χ3n) is 5.55. The van der Waals surface area contributed by atoms with Crippen molar-refractivity contribution in [2.45, 2.75) is 24.9 Å². The van der Waals surface area contributed by atoms with E-state index in [0.717, 1.165) is 24.3 Å². The molecule has 2 aromatic rings. The zero-order valence-electron chi connectivity index (χ0n) is 15.5. The minimum atomic E-state index is 0.0977. The molecular formula is C19H26N6O. The lowest BCUT2D eigenvalue weighted by molar-refractivity contribution is 0.0781. The van der Waals surface area contributed by atoms with Crippen molar-refractivity contribution in [1.29, 1.82) is 0 Å². The summed E-state index contributed by atoms with van der Waals surface area (Å²) >= 11 is 0. The summed E-state index contributed by atoms with van der Waals surface area (Å²) in [7, 11) is 4.10. The van der Waals surface area contributed by atoms with E-state index >= 15 is 0 Å². The van der Waals surface area contributed by atoms with Crippen LogP contribution in [0.25, 0.3) is 0 Å². The lowest BCUT2D eigenvalue weighted by Crippen LogP contribution is -2.37. The maximum atomic E-state index is 13.1. The molecule has 0 saturated carbocycles. The number of likely N-dealkylation sites (N-methyl/N-ethyl adjacent to an activating group) is 1. The molecule has 7 nitrogen and oxygen atoms in total. The molecule has 0 bridgehead atoms. The lowest BCUT2D eigenvalue weighted by Gasteiger charge is -2.24. The van der Waals surface area contributed by atoms with Gasteiger partial charge < -0.3 is 14.7 Å². The maximum Gasteiger partial charge on any atom is 0.254 e. The molecule has 26 heavy (non-hydrogen) atoms. The molecule has 1 amide bonds. The van der Waals surface area contributed by atoms with E-state index < -0.39 is 0 Å². The number of amides is 1. The van der Waals surface area contributed by atoms with Gasteiger partial charge in [-0.1, -0.05) is 11.3 Å². The second kappa shape index (κ2) is 7.07. The van der Waals surface area contributed by atoms with Crippen LogP contribution in [0.1, 0.15) is 29.2 Å². The van der Waals surface area contributed by atoms with Gasteiger partial charge in [0.15, 0.2) is 0 Å². The van der Waals surface area contributed by atoms with E-state index in [1.807, 2.05) is 34.0 Å². The van der Waals surface area contributed by atoms with Gasteiger partial charge in [-0.15, -0.1) is 5.10 Å². The zero-order chi connectivity index (χ0) is 18.1. The van der Waals surface area contributed by atoms with E-state index in [1.54, 1.807) is 6.20 Å². The Hall–Kier alpha value is -2.41. The van der Waals surface area contributed by atoms with Crippen molar-refractivity contribution < 1.29 is 4.79 Å². The molecule has 1 aromatic carbocycles. The first-order valence-corrected chi connectivity index (χ1v) is 9.30. The fourth-order valence-corrected chi connectivity index (χ4v) is 4.09. The molecule has 0 unspecified atom stereocenters. The number of nitrogens with zero attached hydrogens (tertiary/aromatic N) is 6. The van der Waals surface area contributed by atoms with Gasteiger partial charge in [0.05, 0.1) is 18.3 Å². The number of anilines is 1. The van der Waals surface area contributed by atoms with E-state index in [1.165, 1.54) is 12.8 Å². The summed E-state index contributed by atoms with van der Waals surface area (Å²) in [5.41, 5.74) is 1.93. The van der Waals surface area contributed by atoms with Crippen LogP contribution < -0.4 is 4.90 Å². The van der Waals surface area contributed by atoms with E-state index in [9.17, 15) is 4.79 Å². The van der Waals surface area contributed by atoms with Crippen molar-refractivity contribution in [3.63, 3.8) is 0 Å². The van der Waals surface area contributed by atoms with Crippen LogP contribution >= 0.6 is 0 Å². The molecule has 2 aliphatic rings. The Morgan fingerprint density at radius 1 is 1.19 bits per heavy atom. The molecule has 0 aliphatic carbocycles. The summed E-state index contributed by atoms with van der Waals surface area (Å²) < 4.78 is 1.87. The molecular weight excluding hydrogens is 328 g/mol. The van der Waals surface area contributed by atoms with Crippen LogP contribution in [0, 0.1) is 0 Å². The van der Waals surface area contributed by atoms with Crippen molar-refractivity contribution >= 4 is 11.6 Å².